The van der Waals surface area contributed by atoms with Crippen molar-refractivity contribution >= 4 is 5.91 Å². The molecule has 0 saturated carbocycles. The van der Waals surface area contributed by atoms with Gasteiger partial charge >= 0.3 is 0 Å². The van der Waals surface area contributed by atoms with Crippen molar-refractivity contribution in [2.45, 2.75) is 199 Å². The van der Waals surface area contributed by atoms with Gasteiger partial charge in [0.05, 0.1) is 18.8 Å². The second kappa shape index (κ2) is 31.0. The van der Waals surface area contributed by atoms with Crippen LogP contribution in [-0.4, -0.2) is 46.1 Å². The summed E-state index contributed by atoms with van der Waals surface area (Å²) in [4.78, 5) is 12.3. The fraction of sp³-hybridized carbons (Fsp3) is 0.914. The van der Waals surface area contributed by atoms with E-state index in [1.807, 2.05) is 0 Å². The van der Waals surface area contributed by atoms with Gasteiger partial charge in [-0.15, -0.1) is 0 Å². The molecule has 0 aliphatic carbocycles. The number of rotatable bonds is 31. The van der Waals surface area contributed by atoms with Gasteiger partial charge in [-0.25, -0.2) is 0 Å². The molecule has 0 heterocycles. The maximum Gasteiger partial charge on any atom is 0.220 e. The molecule has 0 fully saturated rings. The molecule has 5 nitrogen and oxygen atoms in total. The Labute approximate surface area is 249 Å². The lowest BCUT2D eigenvalue weighted by Gasteiger charge is -2.26. The lowest BCUT2D eigenvalue weighted by Crippen LogP contribution is -2.50. The number of amides is 1. The summed E-state index contributed by atoms with van der Waals surface area (Å²) < 4.78 is 0. The van der Waals surface area contributed by atoms with Crippen LogP contribution in [-0.2, 0) is 4.79 Å². The molecule has 238 valence electrons. The maximum absolute atomic E-state index is 12.3. The Hall–Kier alpha value is -0.910. The first-order chi connectivity index (χ1) is 19.6. The fourth-order valence-corrected chi connectivity index (χ4v) is 5.33. The third kappa shape index (κ3) is 26.0. The molecule has 0 aromatic heterocycles. The van der Waals surface area contributed by atoms with E-state index in [-0.39, 0.29) is 12.5 Å². The fourth-order valence-electron chi connectivity index (χ4n) is 5.33. The van der Waals surface area contributed by atoms with Gasteiger partial charge in [0.1, 0.15) is 6.10 Å². The first kappa shape index (κ1) is 39.1. The number of aliphatic hydroxyl groups is 3. The predicted octanol–water partition coefficient (Wildman–Crippen LogP) is 8.92. The molecule has 0 aliphatic rings. The number of nitrogens with one attached hydrogen (secondary N) is 1. The Morgan fingerprint density at radius 2 is 1.00 bits per heavy atom. The number of allylic oxidation sites excluding steroid dienone is 2. The SMILES string of the molecule is CCCCC/C=C\CCCCCCCC(=O)NC(CO)C(O)C(O)CCCCCCCCCCCCCCCC. The molecule has 3 unspecified atom stereocenters. The number of hydrogen-bond donors (Lipinski definition) is 4. The Balaban J connectivity index is 3.72. The second-order valence-electron chi connectivity index (χ2n) is 12.1. The van der Waals surface area contributed by atoms with Crippen LogP contribution >= 0.6 is 0 Å². The lowest BCUT2D eigenvalue weighted by molar-refractivity contribution is -0.124. The quantitative estimate of drug-likeness (QED) is 0.0497. The minimum absolute atomic E-state index is 0.156. The van der Waals surface area contributed by atoms with E-state index in [4.69, 9.17) is 0 Å². The van der Waals surface area contributed by atoms with E-state index in [9.17, 15) is 20.1 Å². The molecule has 0 aliphatic heterocycles. The molecule has 40 heavy (non-hydrogen) atoms. The summed E-state index contributed by atoms with van der Waals surface area (Å²) >= 11 is 0. The number of unbranched alkanes of at least 4 members (excludes halogenated alkanes) is 21. The average molecular weight is 568 g/mol. The normalized spacial score (nSPS) is 14.0. The van der Waals surface area contributed by atoms with E-state index in [0.29, 0.717) is 12.8 Å². The molecule has 0 spiro atoms. The van der Waals surface area contributed by atoms with Crippen LogP contribution in [0.4, 0.5) is 0 Å². The van der Waals surface area contributed by atoms with Gasteiger partial charge in [0.15, 0.2) is 0 Å². The molecular formula is C35H69NO4. The van der Waals surface area contributed by atoms with Crippen LogP contribution < -0.4 is 5.32 Å². The van der Waals surface area contributed by atoms with Crippen molar-refractivity contribution in [2.75, 3.05) is 6.61 Å². The van der Waals surface area contributed by atoms with Gasteiger partial charge in [0, 0.05) is 6.42 Å². The number of hydrogen-bond acceptors (Lipinski definition) is 4. The molecule has 4 N–H and O–H groups in total. The lowest BCUT2D eigenvalue weighted by atomic mass is 9.99. The molecule has 1 amide bonds. The second-order valence-corrected chi connectivity index (χ2v) is 12.1. The van der Waals surface area contributed by atoms with Gasteiger partial charge in [-0.05, 0) is 38.5 Å². The molecule has 0 aromatic carbocycles. The average Bonchev–Trinajstić information content (AvgIpc) is 2.96. The van der Waals surface area contributed by atoms with E-state index >= 15 is 0 Å². The van der Waals surface area contributed by atoms with E-state index in [1.165, 1.54) is 109 Å². The smallest absolute Gasteiger partial charge is 0.220 e. The summed E-state index contributed by atoms with van der Waals surface area (Å²) in [5.41, 5.74) is 0. The van der Waals surface area contributed by atoms with Gasteiger partial charge < -0.3 is 20.6 Å². The summed E-state index contributed by atoms with van der Waals surface area (Å²) in [6.07, 6.45) is 32.9. The Kier molecular flexibility index (Phi) is 30.3. The van der Waals surface area contributed by atoms with E-state index < -0.39 is 18.2 Å². The topological polar surface area (TPSA) is 89.8 Å². The van der Waals surface area contributed by atoms with Crippen molar-refractivity contribution in [3.8, 4) is 0 Å². The summed E-state index contributed by atoms with van der Waals surface area (Å²) in [7, 11) is 0. The Morgan fingerprint density at radius 3 is 1.50 bits per heavy atom. The van der Waals surface area contributed by atoms with Gasteiger partial charge in [0.2, 0.25) is 5.91 Å². The van der Waals surface area contributed by atoms with Gasteiger partial charge in [-0.3, -0.25) is 4.79 Å². The molecule has 5 heteroatoms. The molecule has 0 bridgehead atoms. The van der Waals surface area contributed by atoms with Crippen LogP contribution in [0, 0.1) is 0 Å². The molecule has 3 atom stereocenters. The minimum atomic E-state index is -1.13. The monoisotopic (exact) mass is 568 g/mol. The van der Waals surface area contributed by atoms with Crippen molar-refractivity contribution in [3.05, 3.63) is 12.2 Å². The van der Waals surface area contributed by atoms with Crippen molar-refractivity contribution < 1.29 is 20.1 Å². The maximum atomic E-state index is 12.3. The number of aliphatic hydroxyl groups excluding tert-OH is 3. The summed E-state index contributed by atoms with van der Waals surface area (Å²) in [6.45, 7) is 4.13. The van der Waals surface area contributed by atoms with Crippen LogP contribution in [0.3, 0.4) is 0 Å². The molecule has 0 saturated heterocycles. The first-order valence-corrected chi connectivity index (χ1v) is 17.5. The van der Waals surface area contributed by atoms with Crippen LogP contribution in [0.25, 0.3) is 0 Å². The standard InChI is InChI=1S/C35H69NO4/c1-3-5-7-9-11-13-15-17-18-19-21-23-25-27-29-33(38)35(40)32(31-37)36-34(39)30-28-26-24-22-20-16-14-12-10-8-6-4-2/h12,14,32-33,35,37-38,40H,3-11,13,15-31H2,1-2H3,(H,36,39)/b14-12-. The molecule has 0 radical (unpaired) electrons. The summed E-state index contributed by atoms with van der Waals surface area (Å²) in [5, 5.41) is 33.3. The van der Waals surface area contributed by atoms with E-state index in [2.05, 4.69) is 31.3 Å². The first-order valence-electron chi connectivity index (χ1n) is 17.5. The number of carbonyl (C=O) groups is 1. The molecule has 0 aromatic rings. The summed E-state index contributed by atoms with van der Waals surface area (Å²) in [6, 6.07) is -0.807. The summed E-state index contributed by atoms with van der Waals surface area (Å²) in [5.74, 6) is -0.156. The molecule has 0 rings (SSSR count). The van der Waals surface area contributed by atoms with Crippen LogP contribution in [0.15, 0.2) is 12.2 Å². The van der Waals surface area contributed by atoms with Crippen molar-refractivity contribution in [2.24, 2.45) is 0 Å². The number of carbonyl (C=O) groups excluding carboxylic acids is 1. The Bertz CT molecular complexity index is 554. The Morgan fingerprint density at radius 1 is 0.600 bits per heavy atom. The highest BCUT2D eigenvalue weighted by Crippen LogP contribution is 2.15. The highest BCUT2D eigenvalue weighted by Gasteiger charge is 2.26. The van der Waals surface area contributed by atoms with Crippen molar-refractivity contribution in [1.82, 2.24) is 5.32 Å². The minimum Gasteiger partial charge on any atom is -0.394 e. The van der Waals surface area contributed by atoms with Gasteiger partial charge in [-0.1, -0.05) is 148 Å². The zero-order chi connectivity index (χ0) is 29.5. The third-order valence-corrected chi connectivity index (χ3v) is 8.12. The largest absolute Gasteiger partial charge is 0.394 e. The van der Waals surface area contributed by atoms with Crippen LogP contribution in [0.1, 0.15) is 181 Å². The van der Waals surface area contributed by atoms with E-state index in [1.54, 1.807) is 0 Å². The zero-order valence-corrected chi connectivity index (χ0v) is 26.7. The van der Waals surface area contributed by atoms with Crippen LogP contribution in [0.2, 0.25) is 0 Å². The highest BCUT2D eigenvalue weighted by atomic mass is 16.3. The van der Waals surface area contributed by atoms with Gasteiger partial charge in [-0.2, -0.15) is 0 Å². The zero-order valence-electron chi connectivity index (χ0n) is 26.7. The predicted molar refractivity (Wildman–Crippen MR) is 172 cm³/mol. The van der Waals surface area contributed by atoms with E-state index in [0.717, 1.165) is 44.9 Å². The van der Waals surface area contributed by atoms with Gasteiger partial charge in [0.25, 0.3) is 0 Å². The van der Waals surface area contributed by atoms with Crippen molar-refractivity contribution in [3.63, 3.8) is 0 Å². The van der Waals surface area contributed by atoms with Crippen LogP contribution in [0.5, 0.6) is 0 Å². The van der Waals surface area contributed by atoms with Crippen molar-refractivity contribution in [1.29, 1.82) is 0 Å². The highest BCUT2D eigenvalue weighted by molar-refractivity contribution is 5.76. The third-order valence-electron chi connectivity index (χ3n) is 8.12. The molecular weight excluding hydrogens is 498 g/mol.